The van der Waals surface area contributed by atoms with Gasteiger partial charge in [-0.2, -0.15) is 4.98 Å². The molecule has 1 unspecified atom stereocenters. The Morgan fingerprint density at radius 2 is 2.35 bits per heavy atom. The summed E-state index contributed by atoms with van der Waals surface area (Å²) in [5.41, 5.74) is 0. The SMILES string of the molecule is c1noc(CCN2CCC(CNC3CC3)C2)n1. The number of likely N-dealkylation sites (tertiary alicyclic amines) is 1. The van der Waals surface area contributed by atoms with E-state index in [4.69, 9.17) is 4.52 Å². The molecule has 3 rings (SSSR count). The monoisotopic (exact) mass is 236 g/mol. The van der Waals surface area contributed by atoms with Crippen LogP contribution in [0.4, 0.5) is 0 Å². The molecule has 1 aliphatic carbocycles. The van der Waals surface area contributed by atoms with E-state index in [1.54, 1.807) is 0 Å². The van der Waals surface area contributed by atoms with E-state index in [-0.39, 0.29) is 0 Å². The third kappa shape index (κ3) is 3.26. The van der Waals surface area contributed by atoms with Gasteiger partial charge in [-0.25, -0.2) is 0 Å². The van der Waals surface area contributed by atoms with Gasteiger partial charge in [-0.15, -0.1) is 0 Å². The molecule has 94 valence electrons. The Morgan fingerprint density at radius 1 is 1.41 bits per heavy atom. The standard InChI is InChI=1S/C12H20N4O/c1-2-11(1)13-7-10-3-5-16(8-10)6-4-12-14-9-15-17-12/h9-11,13H,1-8H2. The van der Waals surface area contributed by atoms with Crippen LogP contribution in [0.2, 0.25) is 0 Å². The Kier molecular flexibility index (Phi) is 3.38. The lowest BCUT2D eigenvalue weighted by atomic mass is 10.1. The van der Waals surface area contributed by atoms with Crippen LogP contribution in [0, 0.1) is 5.92 Å². The van der Waals surface area contributed by atoms with E-state index in [9.17, 15) is 0 Å². The van der Waals surface area contributed by atoms with Crippen molar-refractivity contribution >= 4 is 0 Å². The number of aromatic nitrogens is 2. The molecule has 1 N–H and O–H groups in total. The molecule has 5 nitrogen and oxygen atoms in total. The maximum atomic E-state index is 5.01. The van der Waals surface area contributed by atoms with E-state index in [2.05, 4.69) is 20.4 Å². The van der Waals surface area contributed by atoms with Crippen molar-refractivity contribution in [2.24, 2.45) is 5.92 Å². The summed E-state index contributed by atoms with van der Waals surface area (Å²) in [6, 6.07) is 0.836. The molecule has 1 aromatic heterocycles. The van der Waals surface area contributed by atoms with E-state index in [1.807, 2.05) is 0 Å². The zero-order chi connectivity index (χ0) is 11.5. The number of nitrogens with one attached hydrogen (secondary N) is 1. The van der Waals surface area contributed by atoms with Gasteiger partial charge in [-0.1, -0.05) is 5.16 Å². The van der Waals surface area contributed by atoms with Crippen LogP contribution in [0.1, 0.15) is 25.2 Å². The predicted octanol–water partition coefficient (Wildman–Crippen LogP) is 0.686. The molecule has 1 atom stereocenters. The largest absolute Gasteiger partial charge is 0.340 e. The first kappa shape index (κ1) is 11.2. The van der Waals surface area contributed by atoms with E-state index >= 15 is 0 Å². The summed E-state index contributed by atoms with van der Waals surface area (Å²) in [4.78, 5) is 6.55. The molecule has 0 radical (unpaired) electrons. The van der Waals surface area contributed by atoms with Crippen LogP contribution < -0.4 is 5.32 Å². The number of nitrogens with zero attached hydrogens (tertiary/aromatic N) is 3. The lowest BCUT2D eigenvalue weighted by molar-refractivity contribution is 0.300. The molecular weight excluding hydrogens is 216 g/mol. The van der Waals surface area contributed by atoms with Gasteiger partial charge >= 0.3 is 0 Å². The van der Waals surface area contributed by atoms with Crippen LogP contribution in [0.3, 0.4) is 0 Å². The van der Waals surface area contributed by atoms with Gasteiger partial charge in [-0.3, -0.25) is 0 Å². The fourth-order valence-corrected chi connectivity index (χ4v) is 2.46. The van der Waals surface area contributed by atoms with Gasteiger partial charge < -0.3 is 14.7 Å². The summed E-state index contributed by atoms with van der Waals surface area (Å²) in [7, 11) is 0. The van der Waals surface area contributed by atoms with Crippen LogP contribution >= 0.6 is 0 Å². The maximum absolute atomic E-state index is 5.01. The topological polar surface area (TPSA) is 54.2 Å². The molecule has 1 saturated heterocycles. The van der Waals surface area contributed by atoms with Crippen molar-refractivity contribution < 1.29 is 4.52 Å². The average Bonchev–Trinajstić information content (AvgIpc) is 2.86. The normalized spacial score (nSPS) is 25.5. The molecule has 1 saturated carbocycles. The fraction of sp³-hybridized carbons (Fsp3) is 0.833. The van der Waals surface area contributed by atoms with Crippen LogP contribution in [-0.4, -0.2) is 47.3 Å². The minimum atomic E-state index is 0.754. The van der Waals surface area contributed by atoms with Crippen molar-refractivity contribution in [2.75, 3.05) is 26.2 Å². The lowest BCUT2D eigenvalue weighted by Gasteiger charge is -2.15. The Bertz CT molecular complexity index is 336. The van der Waals surface area contributed by atoms with Gasteiger partial charge in [0.2, 0.25) is 5.89 Å². The highest BCUT2D eigenvalue weighted by atomic mass is 16.5. The van der Waals surface area contributed by atoms with Crippen molar-refractivity contribution in [3.63, 3.8) is 0 Å². The zero-order valence-corrected chi connectivity index (χ0v) is 10.1. The molecule has 2 heterocycles. The summed E-state index contributed by atoms with van der Waals surface area (Å²) in [6.07, 6.45) is 6.44. The Hall–Kier alpha value is -0.940. The summed E-state index contributed by atoms with van der Waals surface area (Å²) in [5.74, 6) is 1.59. The third-order valence-electron chi connectivity index (χ3n) is 3.69. The van der Waals surface area contributed by atoms with Crippen LogP contribution in [0.25, 0.3) is 0 Å². The Morgan fingerprint density at radius 3 is 3.12 bits per heavy atom. The van der Waals surface area contributed by atoms with Gasteiger partial charge in [0.15, 0.2) is 6.33 Å². The van der Waals surface area contributed by atoms with Crippen molar-refractivity contribution in [3.05, 3.63) is 12.2 Å². The van der Waals surface area contributed by atoms with E-state index in [0.717, 1.165) is 30.8 Å². The second-order valence-electron chi connectivity index (χ2n) is 5.22. The maximum Gasteiger partial charge on any atom is 0.227 e. The van der Waals surface area contributed by atoms with E-state index < -0.39 is 0 Å². The van der Waals surface area contributed by atoms with Crippen molar-refractivity contribution in [1.29, 1.82) is 0 Å². The van der Waals surface area contributed by atoms with E-state index in [1.165, 1.54) is 45.2 Å². The smallest absolute Gasteiger partial charge is 0.227 e. The summed E-state index contributed by atoms with van der Waals surface area (Å²) in [5, 5.41) is 7.24. The van der Waals surface area contributed by atoms with Gasteiger partial charge in [0.05, 0.1) is 0 Å². The van der Waals surface area contributed by atoms with Crippen molar-refractivity contribution in [3.8, 4) is 0 Å². The number of hydrogen-bond donors (Lipinski definition) is 1. The molecule has 2 aliphatic rings. The number of hydrogen-bond acceptors (Lipinski definition) is 5. The highest BCUT2D eigenvalue weighted by Gasteiger charge is 2.26. The van der Waals surface area contributed by atoms with Crippen LogP contribution in [0.15, 0.2) is 10.9 Å². The van der Waals surface area contributed by atoms with E-state index in [0.29, 0.717) is 0 Å². The number of rotatable bonds is 6. The minimum Gasteiger partial charge on any atom is -0.340 e. The highest BCUT2D eigenvalue weighted by Crippen LogP contribution is 2.21. The van der Waals surface area contributed by atoms with Crippen molar-refractivity contribution in [1.82, 2.24) is 20.4 Å². The predicted molar refractivity (Wildman–Crippen MR) is 63.6 cm³/mol. The van der Waals surface area contributed by atoms with Crippen molar-refractivity contribution in [2.45, 2.75) is 31.7 Å². The van der Waals surface area contributed by atoms with Crippen LogP contribution in [0.5, 0.6) is 0 Å². The first-order chi connectivity index (χ1) is 8.40. The first-order valence-electron chi connectivity index (χ1n) is 6.61. The van der Waals surface area contributed by atoms with Gasteiger partial charge in [0.25, 0.3) is 0 Å². The van der Waals surface area contributed by atoms with Crippen LogP contribution in [-0.2, 0) is 6.42 Å². The molecular formula is C12H20N4O. The van der Waals surface area contributed by atoms with Gasteiger partial charge in [0, 0.05) is 25.6 Å². The summed E-state index contributed by atoms with van der Waals surface area (Å²) in [6.45, 7) is 4.67. The lowest BCUT2D eigenvalue weighted by Crippen LogP contribution is -2.28. The Labute approximate surface area is 102 Å². The molecule has 2 fully saturated rings. The molecule has 17 heavy (non-hydrogen) atoms. The third-order valence-corrected chi connectivity index (χ3v) is 3.69. The van der Waals surface area contributed by atoms with Gasteiger partial charge in [0.1, 0.15) is 0 Å². The first-order valence-corrected chi connectivity index (χ1v) is 6.61. The molecule has 1 aliphatic heterocycles. The molecule has 0 amide bonds. The molecule has 0 bridgehead atoms. The van der Waals surface area contributed by atoms with Gasteiger partial charge in [-0.05, 0) is 38.3 Å². The molecule has 0 spiro atoms. The quantitative estimate of drug-likeness (QED) is 0.787. The second kappa shape index (κ2) is 5.14. The second-order valence-corrected chi connectivity index (χ2v) is 5.22. The molecule has 5 heteroatoms. The summed E-state index contributed by atoms with van der Waals surface area (Å²) >= 11 is 0. The average molecular weight is 236 g/mol. The highest BCUT2D eigenvalue weighted by molar-refractivity contribution is 4.85. The molecule has 0 aromatic carbocycles. The Balaban J connectivity index is 1.35. The fourth-order valence-electron chi connectivity index (χ4n) is 2.46. The zero-order valence-electron chi connectivity index (χ0n) is 10.1. The summed E-state index contributed by atoms with van der Waals surface area (Å²) < 4.78 is 5.01. The molecule has 1 aromatic rings. The minimum absolute atomic E-state index is 0.754.